The summed E-state index contributed by atoms with van der Waals surface area (Å²) in [7, 11) is 0. The summed E-state index contributed by atoms with van der Waals surface area (Å²) in [6.45, 7) is 0. The number of nitrogens with one attached hydrogen (secondary N) is 1. The van der Waals surface area contributed by atoms with Gasteiger partial charge in [0.2, 0.25) is 0 Å². The van der Waals surface area contributed by atoms with Crippen LogP contribution in [0.15, 0.2) is 27.5 Å². The zero-order valence-electron chi connectivity index (χ0n) is 10.7. The number of hydrogen-bond donors (Lipinski definition) is 4. The average molecular weight is 388 g/mol. The molecule has 1 heterocycles. The number of anilines is 1. The lowest BCUT2D eigenvalue weighted by Crippen LogP contribution is -2.24. The smallest absolute Gasteiger partial charge is 0.342 e. The van der Waals surface area contributed by atoms with Gasteiger partial charge in [-0.25, -0.2) is 9.59 Å². The topological polar surface area (TPSA) is 133 Å². The molecule has 22 heavy (non-hydrogen) atoms. The van der Waals surface area contributed by atoms with Crippen molar-refractivity contribution in [2.45, 2.75) is 0 Å². The Bertz CT molecular complexity index is 862. The van der Waals surface area contributed by atoms with Gasteiger partial charge < -0.3 is 20.9 Å². The van der Waals surface area contributed by atoms with Crippen LogP contribution in [0, 0.1) is 0 Å². The number of pyridine rings is 1. The van der Waals surface area contributed by atoms with Crippen LogP contribution in [0.25, 0.3) is 11.1 Å². The number of halogens is 2. The van der Waals surface area contributed by atoms with Crippen LogP contribution in [0.4, 0.5) is 5.82 Å². The highest BCUT2D eigenvalue weighted by Gasteiger charge is 2.26. The first kappa shape index (κ1) is 16.1. The van der Waals surface area contributed by atoms with Gasteiger partial charge >= 0.3 is 11.9 Å². The number of hydrogen-bond acceptors (Lipinski definition) is 4. The van der Waals surface area contributed by atoms with Gasteiger partial charge in [0, 0.05) is 10.0 Å². The minimum Gasteiger partial charge on any atom is -0.478 e. The second kappa shape index (κ2) is 5.82. The summed E-state index contributed by atoms with van der Waals surface area (Å²) in [5, 5.41) is 18.8. The van der Waals surface area contributed by atoms with Crippen LogP contribution >= 0.6 is 27.5 Å². The van der Waals surface area contributed by atoms with E-state index >= 15 is 0 Å². The Balaban J connectivity index is 2.98. The number of carboxylic acids is 2. The molecule has 0 amide bonds. The highest BCUT2D eigenvalue weighted by Crippen LogP contribution is 2.33. The maximum absolute atomic E-state index is 11.9. The minimum absolute atomic E-state index is 0.154. The molecule has 0 unspecified atom stereocenters. The zero-order valence-corrected chi connectivity index (χ0v) is 13.0. The summed E-state index contributed by atoms with van der Waals surface area (Å²) in [5.74, 6) is -3.47. The maximum Gasteiger partial charge on any atom is 0.342 e. The fraction of sp³-hybridized carbons (Fsp3) is 0. The number of nitrogen functional groups attached to an aromatic ring is 1. The van der Waals surface area contributed by atoms with E-state index in [1.54, 1.807) is 0 Å². The van der Waals surface area contributed by atoms with E-state index in [4.69, 9.17) is 17.3 Å². The summed E-state index contributed by atoms with van der Waals surface area (Å²) in [6, 6.07) is 4.29. The van der Waals surface area contributed by atoms with Crippen LogP contribution in [0.5, 0.6) is 0 Å². The van der Waals surface area contributed by atoms with Crippen molar-refractivity contribution in [3.05, 3.63) is 49.2 Å². The summed E-state index contributed by atoms with van der Waals surface area (Å²) < 4.78 is 0.532. The molecule has 9 heteroatoms. The second-order valence-electron chi connectivity index (χ2n) is 4.23. The summed E-state index contributed by atoms with van der Waals surface area (Å²) in [6.07, 6.45) is 0. The van der Waals surface area contributed by atoms with E-state index in [9.17, 15) is 24.6 Å². The predicted octanol–water partition coefficient (Wildman–Crippen LogP) is 2.44. The van der Waals surface area contributed by atoms with Crippen LogP contribution in [-0.4, -0.2) is 27.1 Å². The largest absolute Gasteiger partial charge is 0.478 e. The number of rotatable bonds is 3. The second-order valence-corrected chi connectivity index (χ2v) is 5.49. The molecule has 0 saturated carbocycles. The SMILES string of the molecule is Nc1[nH]c(=O)c(C(=O)O)c(-c2ccc(Br)c(Cl)c2)c1C(=O)O. The minimum atomic E-state index is -1.57. The fourth-order valence-corrected chi connectivity index (χ4v) is 2.41. The van der Waals surface area contributed by atoms with Gasteiger partial charge in [-0.1, -0.05) is 17.7 Å². The number of aromatic nitrogens is 1. The van der Waals surface area contributed by atoms with E-state index in [-0.39, 0.29) is 16.1 Å². The Hall–Kier alpha value is -2.32. The number of nitrogens with two attached hydrogens (primary N) is 1. The molecule has 0 aliphatic rings. The molecule has 0 aliphatic heterocycles. The van der Waals surface area contributed by atoms with Crippen molar-refractivity contribution in [3.63, 3.8) is 0 Å². The highest BCUT2D eigenvalue weighted by molar-refractivity contribution is 9.10. The summed E-state index contributed by atoms with van der Waals surface area (Å²) in [5.41, 5.74) is 3.17. The molecule has 2 aromatic rings. The van der Waals surface area contributed by atoms with Crippen molar-refractivity contribution >= 4 is 45.3 Å². The van der Waals surface area contributed by atoms with Crippen molar-refractivity contribution in [1.29, 1.82) is 0 Å². The highest BCUT2D eigenvalue weighted by atomic mass is 79.9. The van der Waals surface area contributed by atoms with Gasteiger partial charge in [0.25, 0.3) is 5.56 Å². The molecule has 0 aliphatic carbocycles. The maximum atomic E-state index is 11.9. The molecule has 2 rings (SSSR count). The Morgan fingerprint density at radius 1 is 1.18 bits per heavy atom. The Morgan fingerprint density at radius 3 is 2.27 bits per heavy atom. The van der Waals surface area contributed by atoms with E-state index in [0.717, 1.165) is 0 Å². The molecule has 1 aromatic heterocycles. The predicted molar refractivity (Wildman–Crippen MR) is 83.5 cm³/mol. The number of aromatic carboxylic acids is 2. The van der Waals surface area contributed by atoms with Gasteiger partial charge in [0.15, 0.2) is 0 Å². The third-order valence-corrected chi connectivity index (χ3v) is 4.11. The first-order chi connectivity index (χ1) is 10.2. The normalized spacial score (nSPS) is 10.5. The molecule has 0 radical (unpaired) electrons. The van der Waals surface area contributed by atoms with Crippen LogP contribution in [0.3, 0.4) is 0 Å². The van der Waals surface area contributed by atoms with Gasteiger partial charge in [0.05, 0.1) is 5.02 Å². The Kier molecular flexibility index (Phi) is 4.25. The Morgan fingerprint density at radius 2 is 1.77 bits per heavy atom. The first-order valence-electron chi connectivity index (χ1n) is 5.71. The van der Waals surface area contributed by atoms with Gasteiger partial charge in [-0.2, -0.15) is 0 Å². The van der Waals surface area contributed by atoms with Gasteiger partial charge in [-0.15, -0.1) is 0 Å². The number of aromatic amines is 1. The Labute approximate surface area is 136 Å². The molecule has 0 saturated heterocycles. The molecule has 0 bridgehead atoms. The van der Waals surface area contributed by atoms with Crippen LogP contribution < -0.4 is 11.3 Å². The third kappa shape index (κ3) is 2.70. The fourth-order valence-electron chi connectivity index (χ4n) is 1.99. The lowest BCUT2D eigenvalue weighted by atomic mass is 9.95. The number of H-pyrrole nitrogens is 1. The van der Waals surface area contributed by atoms with E-state index in [2.05, 4.69) is 15.9 Å². The molecule has 7 nitrogen and oxygen atoms in total. The van der Waals surface area contributed by atoms with Gasteiger partial charge in [-0.3, -0.25) is 4.79 Å². The monoisotopic (exact) mass is 386 g/mol. The molecule has 0 spiro atoms. The van der Waals surface area contributed by atoms with Crippen molar-refractivity contribution in [1.82, 2.24) is 4.98 Å². The van der Waals surface area contributed by atoms with Crippen molar-refractivity contribution in [2.75, 3.05) is 5.73 Å². The van der Waals surface area contributed by atoms with Gasteiger partial charge in [-0.05, 0) is 33.6 Å². The standard InChI is InChI=1S/C13H8BrClN2O5/c14-5-2-1-4(3-6(5)15)7-8(12(19)20)10(16)17-11(18)9(7)13(21)22/h1-3H,(H,19,20)(H,21,22)(H3,16,17,18). The molecular formula is C13H8BrClN2O5. The quantitative estimate of drug-likeness (QED) is 0.639. The molecule has 114 valence electrons. The van der Waals surface area contributed by atoms with E-state index in [1.807, 2.05) is 4.98 Å². The van der Waals surface area contributed by atoms with Crippen LogP contribution in [0.1, 0.15) is 20.7 Å². The zero-order chi connectivity index (χ0) is 16.6. The summed E-state index contributed by atoms with van der Waals surface area (Å²) in [4.78, 5) is 36.6. The molecule has 0 atom stereocenters. The van der Waals surface area contributed by atoms with E-state index in [1.165, 1.54) is 18.2 Å². The molecule has 5 N–H and O–H groups in total. The lowest BCUT2D eigenvalue weighted by Gasteiger charge is -2.12. The van der Waals surface area contributed by atoms with Crippen LogP contribution in [0.2, 0.25) is 5.02 Å². The molecule has 0 fully saturated rings. The van der Waals surface area contributed by atoms with E-state index < -0.39 is 34.4 Å². The van der Waals surface area contributed by atoms with E-state index in [0.29, 0.717) is 4.47 Å². The first-order valence-corrected chi connectivity index (χ1v) is 6.89. The molecule has 1 aromatic carbocycles. The van der Waals surface area contributed by atoms with Crippen molar-refractivity contribution < 1.29 is 19.8 Å². The van der Waals surface area contributed by atoms with Gasteiger partial charge in [0.1, 0.15) is 16.9 Å². The lowest BCUT2D eigenvalue weighted by molar-refractivity contribution is 0.0695. The number of carbonyl (C=O) groups is 2. The van der Waals surface area contributed by atoms with Crippen molar-refractivity contribution in [3.8, 4) is 11.1 Å². The summed E-state index contributed by atoms with van der Waals surface area (Å²) >= 11 is 9.12. The number of carboxylic acid groups (broad SMARTS) is 2. The van der Waals surface area contributed by atoms with Crippen molar-refractivity contribution in [2.24, 2.45) is 0 Å². The molecular weight excluding hydrogens is 380 g/mol. The average Bonchev–Trinajstić information content (AvgIpc) is 2.39. The third-order valence-electron chi connectivity index (χ3n) is 2.88. The number of benzene rings is 1. The van der Waals surface area contributed by atoms with Crippen LogP contribution in [-0.2, 0) is 0 Å².